The molecular formula is C12H11BrN2O4S. The second-order valence-electron chi connectivity index (χ2n) is 4.12. The number of carbonyl (C=O) groups is 1. The Kier molecular flexibility index (Phi) is 3.87. The van der Waals surface area contributed by atoms with Crippen LogP contribution in [-0.2, 0) is 17.1 Å². The molecule has 0 aliphatic heterocycles. The summed E-state index contributed by atoms with van der Waals surface area (Å²) in [6.07, 6.45) is 3.10. The van der Waals surface area contributed by atoms with Crippen molar-refractivity contribution in [3.8, 4) is 0 Å². The molecule has 106 valence electrons. The van der Waals surface area contributed by atoms with E-state index in [1.165, 1.54) is 30.5 Å². The summed E-state index contributed by atoms with van der Waals surface area (Å²) < 4.78 is 28.6. The monoisotopic (exact) mass is 358 g/mol. The zero-order valence-electron chi connectivity index (χ0n) is 10.4. The van der Waals surface area contributed by atoms with Crippen molar-refractivity contribution in [2.45, 2.75) is 4.90 Å². The molecule has 0 aliphatic carbocycles. The van der Waals surface area contributed by atoms with Gasteiger partial charge in [0.25, 0.3) is 10.0 Å². The first-order chi connectivity index (χ1) is 9.29. The fraction of sp³-hybridized carbons (Fsp3) is 0.0833. The second-order valence-corrected chi connectivity index (χ2v) is 6.65. The highest BCUT2D eigenvalue weighted by atomic mass is 79.9. The van der Waals surface area contributed by atoms with Crippen molar-refractivity contribution >= 4 is 37.6 Å². The van der Waals surface area contributed by atoms with Crippen molar-refractivity contribution in [3.63, 3.8) is 0 Å². The highest BCUT2D eigenvalue weighted by molar-refractivity contribution is 9.10. The topological polar surface area (TPSA) is 88.4 Å². The largest absolute Gasteiger partial charge is 0.478 e. The van der Waals surface area contributed by atoms with Gasteiger partial charge in [-0.1, -0.05) is 0 Å². The van der Waals surface area contributed by atoms with E-state index >= 15 is 0 Å². The molecule has 1 heterocycles. The van der Waals surface area contributed by atoms with Gasteiger partial charge in [-0.2, -0.15) is 0 Å². The van der Waals surface area contributed by atoms with Gasteiger partial charge in [0.2, 0.25) is 0 Å². The summed E-state index contributed by atoms with van der Waals surface area (Å²) in [4.78, 5) is 10.9. The number of rotatable bonds is 4. The van der Waals surface area contributed by atoms with Crippen LogP contribution in [0.25, 0.3) is 0 Å². The third-order valence-electron chi connectivity index (χ3n) is 2.58. The predicted octanol–water partition coefficient (Wildman–Crippen LogP) is 2.29. The van der Waals surface area contributed by atoms with E-state index in [0.29, 0.717) is 4.47 Å². The molecule has 0 amide bonds. The van der Waals surface area contributed by atoms with Crippen molar-refractivity contribution < 1.29 is 18.3 Å². The van der Waals surface area contributed by atoms with E-state index in [4.69, 9.17) is 5.11 Å². The van der Waals surface area contributed by atoms with Gasteiger partial charge in [0.1, 0.15) is 4.90 Å². The molecule has 0 fully saturated rings. The number of hydrogen-bond donors (Lipinski definition) is 2. The predicted molar refractivity (Wildman–Crippen MR) is 77.3 cm³/mol. The minimum atomic E-state index is -3.70. The average molecular weight is 359 g/mol. The molecule has 6 nitrogen and oxygen atoms in total. The summed E-state index contributed by atoms with van der Waals surface area (Å²) in [7, 11) is -1.98. The van der Waals surface area contributed by atoms with Crippen LogP contribution in [0.3, 0.4) is 0 Å². The number of halogens is 1. The van der Waals surface area contributed by atoms with Crippen LogP contribution < -0.4 is 4.72 Å². The Morgan fingerprint density at radius 3 is 2.55 bits per heavy atom. The van der Waals surface area contributed by atoms with E-state index in [1.807, 2.05) is 0 Å². The smallest absolute Gasteiger partial charge is 0.335 e. The quantitative estimate of drug-likeness (QED) is 0.877. The fourth-order valence-electron chi connectivity index (χ4n) is 1.57. The second kappa shape index (κ2) is 5.29. The Labute approximate surface area is 124 Å². The number of hydrogen-bond acceptors (Lipinski definition) is 3. The molecule has 0 atom stereocenters. The number of nitrogens with one attached hydrogen (secondary N) is 1. The first-order valence-electron chi connectivity index (χ1n) is 5.47. The number of carboxylic acid groups (broad SMARTS) is 1. The van der Waals surface area contributed by atoms with Crippen LogP contribution in [0, 0.1) is 0 Å². The zero-order chi connectivity index (χ0) is 14.9. The number of nitrogens with zero attached hydrogens (tertiary/aromatic N) is 1. The molecule has 0 radical (unpaired) electrons. The molecule has 0 saturated carbocycles. The lowest BCUT2D eigenvalue weighted by atomic mass is 10.2. The Balaban J connectivity index is 2.32. The van der Waals surface area contributed by atoms with E-state index in [2.05, 4.69) is 20.7 Å². The van der Waals surface area contributed by atoms with Gasteiger partial charge in [0.15, 0.2) is 0 Å². The number of anilines is 1. The number of aryl methyl sites for hydroxylation is 1. The number of aromatic nitrogens is 1. The number of carboxylic acids is 1. The van der Waals surface area contributed by atoms with Gasteiger partial charge in [-0.3, -0.25) is 4.72 Å². The summed E-state index contributed by atoms with van der Waals surface area (Å²) >= 11 is 3.15. The molecule has 2 rings (SSSR count). The van der Waals surface area contributed by atoms with Crippen LogP contribution in [0.4, 0.5) is 5.69 Å². The minimum absolute atomic E-state index is 0.0690. The normalized spacial score (nSPS) is 11.3. The maximum absolute atomic E-state index is 12.1. The Morgan fingerprint density at radius 2 is 2.05 bits per heavy atom. The van der Waals surface area contributed by atoms with Crippen molar-refractivity contribution in [3.05, 3.63) is 46.7 Å². The summed E-state index contributed by atoms with van der Waals surface area (Å²) in [6, 6.07) is 5.54. The van der Waals surface area contributed by atoms with Gasteiger partial charge in [-0.25, -0.2) is 13.2 Å². The molecular weight excluding hydrogens is 348 g/mol. The number of benzene rings is 1. The molecule has 0 spiro atoms. The molecule has 20 heavy (non-hydrogen) atoms. The lowest BCUT2D eigenvalue weighted by molar-refractivity contribution is 0.0697. The molecule has 8 heteroatoms. The van der Waals surface area contributed by atoms with E-state index < -0.39 is 16.0 Å². The highest BCUT2D eigenvalue weighted by Crippen LogP contribution is 2.26. The third kappa shape index (κ3) is 3.02. The van der Waals surface area contributed by atoms with Crippen molar-refractivity contribution in [1.29, 1.82) is 0 Å². The van der Waals surface area contributed by atoms with Gasteiger partial charge < -0.3 is 9.67 Å². The van der Waals surface area contributed by atoms with Gasteiger partial charge in [0, 0.05) is 23.9 Å². The maximum atomic E-state index is 12.1. The van der Waals surface area contributed by atoms with Crippen molar-refractivity contribution in [1.82, 2.24) is 4.57 Å². The standard InChI is InChI=1S/C12H11BrN2O4S/c1-15-5-4-9(7-15)20(18,19)14-11-3-2-8(12(16)17)6-10(11)13/h2-7,14H,1H3,(H,16,17). The summed E-state index contributed by atoms with van der Waals surface area (Å²) in [5, 5.41) is 8.85. The third-order valence-corrected chi connectivity index (χ3v) is 4.58. The molecule has 0 aliphatic rings. The molecule has 1 aromatic heterocycles. The Bertz CT molecular complexity index is 768. The van der Waals surface area contributed by atoms with Crippen LogP contribution in [0.15, 0.2) is 46.0 Å². The summed E-state index contributed by atoms with van der Waals surface area (Å²) in [5.41, 5.74) is 0.346. The van der Waals surface area contributed by atoms with Crippen molar-refractivity contribution in [2.75, 3.05) is 4.72 Å². The highest BCUT2D eigenvalue weighted by Gasteiger charge is 2.17. The first-order valence-corrected chi connectivity index (χ1v) is 7.75. The molecule has 0 unspecified atom stereocenters. The van der Waals surface area contributed by atoms with Crippen LogP contribution in [0.5, 0.6) is 0 Å². The van der Waals surface area contributed by atoms with Crippen LogP contribution in [0.1, 0.15) is 10.4 Å². The van der Waals surface area contributed by atoms with Gasteiger partial charge >= 0.3 is 5.97 Å². The van der Waals surface area contributed by atoms with Crippen molar-refractivity contribution in [2.24, 2.45) is 7.05 Å². The van der Waals surface area contributed by atoms with E-state index in [1.54, 1.807) is 17.8 Å². The summed E-state index contributed by atoms with van der Waals surface area (Å²) in [5.74, 6) is -1.08. The zero-order valence-corrected chi connectivity index (χ0v) is 12.8. The number of aromatic carboxylic acids is 1. The maximum Gasteiger partial charge on any atom is 0.335 e. The SMILES string of the molecule is Cn1ccc(S(=O)(=O)Nc2ccc(C(=O)O)cc2Br)c1. The van der Waals surface area contributed by atoms with E-state index in [-0.39, 0.29) is 16.1 Å². The van der Waals surface area contributed by atoms with Crippen LogP contribution in [0.2, 0.25) is 0 Å². The lowest BCUT2D eigenvalue weighted by Gasteiger charge is -2.09. The van der Waals surface area contributed by atoms with E-state index in [9.17, 15) is 13.2 Å². The lowest BCUT2D eigenvalue weighted by Crippen LogP contribution is -2.13. The van der Waals surface area contributed by atoms with E-state index in [0.717, 1.165) is 0 Å². The molecule has 2 N–H and O–H groups in total. The van der Waals surface area contributed by atoms with Crippen LogP contribution >= 0.6 is 15.9 Å². The average Bonchev–Trinajstić information content (AvgIpc) is 2.79. The minimum Gasteiger partial charge on any atom is -0.478 e. The molecule has 0 saturated heterocycles. The van der Waals surface area contributed by atoms with Gasteiger partial charge in [0.05, 0.1) is 11.3 Å². The first kappa shape index (κ1) is 14.6. The Morgan fingerprint density at radius 1 is 1.35 bits per heavy atom. The Hall–Kier alpha value is -1.80. The van der Waals surface area contributed by atoms with Crippen LogP contribution in [-0.4, -0.2) is 24.1 Å². The fourth-order valence-corrected chi connectivity index (χ4v) is 3.31. The number of sulfonamides is 1. The summed E-state index contributed by atoms with van der Waals surface area (Å²) in [6.45, 7) is 0. The van der Waals surface area contributed by atoms with Gasteiger partial charge in [-0.15, -0.1) is 0 Å². The molecule has 2 aromatic rings. The van der Waals surface area contributed by atoms with Gasteiger partial charge in [-0.05, 0) is 40.2 Å². The molecule has 0 bridgehead atoms. The molecule has 1 aromatic carbocycles.